The average molecular weight is 344 g/mol. The number of hydrogen-bond donors (Lipinski definition) is 2. The summed E-state index contributed by atoms with van der Waals surface area (Å²) in [5.74, 6) is 0.645. The number of carbonyl (C=O) groups excluding carboxylic acids is 1. The molecule has 0 unspecified atom stereocenters. The molecule has 1 saturated carbocycles. The molecular weight excluding hydrogens is 321 g/mol. The van der Waals surface area contributed by atoms with Crippen molar-refractivity contribution in [2.75, 3.05) is 11.9 Å². The van der Waals surface area contributed by atoms with Gasteiger partial charge in [0.05, 0.1) is 12.2 Å². The zero-order valence-corrected chi connectivity index (χ0v) is 13.6. The summed E-state index contributed by atoms with van der Waals surface area (Å²) in [5.41, 5.74) is 6.73. The Balaban J connectivity index is 0.000000301. The molecule has 4 nitrogen and oxygen atoms in total. The standard InChI is InChI=1S/C13H15F3N2.C4H8O2/c14-13(15,16)8-3-4-11-9(5-8)10(17)6-12(18-11)7-1-2-7;1-2-3-6-4-5/h3-5,7,10,12,18H,1-2,6,17H2;4H,2-3H2,1H3/t10-,12-;/m0./s1. The predicted molar refractivity (Wildman–Crippen MR) is 85.4 cm³/mol. The van der Waals surface area contributed by atoms with E-state index in [9.17, 15) is 18.0 Å². The van der Waals surface area contributed by atoms with Crippen molar-refractivity contribution in [2.24, 2.45) is 11.7 Å². The molecule has 1 fully saturated rings. The van der Waals surface area contributed by atoms with Gasteiger partial charge in [-0.25, -0.2) is 0 Å². The highest BCUT2D eigenvalue weighted by Gasteiger charge is 2.37. The Morgan fingerprint density at radius 1 is 1.38 bits per heavy atom. The monoisotopic (exact) mass is 344 g/mol. The third-order valence-electron chi connectivity index (χ3n) is 4.21. The summed E-state index contributed by atoms with van der Waals surface area (Å²) in [6, 6.07) is 3.83. The Morgan fingerprint density at radius 2 is 2.08 bits per heavy atom. The fourth-order valence-electron chi connectivity index (χ4n) is 2.81. The number of halogens is 3. The first kappa shape index (κ1) is 18.6. The molecule has 0 saturated heterocycles. The molecule has 0 radical (unpaired) electrons. The number of nitrogens with one attached hydrogen (secondary N) is 1. The summed E-state index contributed by atoms with van der Waals surface area (Å²) in [5, 5.41) is 3.32. The summed E-state index contributed by atoms with van der Waals surface area (Å²) in [7, 11) is 0. The van der Waals surface area contributed by atoms with E-state index in [4.69, 9.17) is 5.73 Å². The molecule has 0 bridgehead atoms. The van der Waals surface area contributed by atoms with Crippen LogP contribution in [0.1, 0.15) is 49.8 Å². The summed E-state index contributed by atoms with van der Waals surface area (Å²) in [6.45, 7) is 2.95. The predicted octanol–water partition coefficient (Wildman–Crippen LogP) is 3.87. The Hall–Kier alpha value is -1.76. The van der Waals surface area contributed by atoms with Crippen molar-refractivity contribution in [3.8, 4) is 0 Å². The van der Waals surface area contributed by atoms with E-state index in [1.165, 1.54) is 25.0 Å². The van der Waals surface area contributed by atoms with Gasteiger partial charge in [-0.2, -0.15) is 13.2 Å². The maximum absolute atomic E-state index is 12.6. The topological polar surface area (TPSA) is 64.3 Å². The second-order valence-corrected chi connectivity index (χ2v) is 6.20. The van der Waals surface area contributed by atoms with Crippen LogP contribution in [-0.4, -0.2) is 19.1 Å². The zero-order valence-electron chi connectivity index (χ0n) is 13.6. The van der Waals surface area contributed by atoms with Crippen LogP contribution in [0.3, 0.4) is 0 Å². The van der Waals surface area contributed by atoms with Crippen molar-refractivity contribution >= 4 is 12.2 Å². The van der Waals surface area contributed by atoms with E-state index in [0.29, 0.717) is 30.6 Å². The molecule has 2 aliphatic rings. The molecule has 1 heterocycles. The minimum absolute atomic E-state index is 0.297. The van der Waals surface area contributed by atoms with Crippen molar-refractivity contribution in [1.82, 2.24) is 0 Å². The number of anilines is 1. The summed E-state index contributed by atoms with van der Waals surface area (Å²) in [4.78, 5) is 9.34. The van der Waals surface area contributed by atoms with Gasteiger partial charge in [0.15, 0.2) is 0 Å². The van der Waals surface area contributed by atoms with E-state index in [-0.39, 0.29) is 6.04 Å². The van der Waals surface area contributed by atoms with Gasteiger partial charge in [-0.15, -0.1) is 0 Å². The van der Waals surface area contributed by atoms with Crippen molar-refractivity contribution in [3.63, 3.8) is 0 Å². The third-order valence-corrected chi connectivity index (χ3v) is 4.21. The molecule has 7 heteroatoms. The number of benzene rings is 1. The Bertz CT molecular complexity index is 559. The van der Waals surface area contributed by atoms with E-state index in [2.05, 4.69) is 10.1 Å². The number of hydrogen-bond acceptors (Lipinski definition) is 4. The van der Waals surface area contributed by atoms with Gasteiger partial charge in [-0.3, -0.25) is 4.79 Å². The number of fused-ring (bicyclic) bond motifs is 1. The van der Waals surface area contributed by atoms with Crippen molar-refractivity contribution in [2.45, 2.75) is 50.9 Å². The minimum Gasteiger partial charge on any atom is -0.468 e. The Labute approximate surface area is 139 Å². The van der Waals surface area contributed by atoms with Gasteiger partial charge in [0, 0.05) is 17.8 Å². The summed E-state index contributed by atoms with van der Waals surface area (Å²) >= 11 is 0. The first-order valence-electron chi connectivity index (χ1n) is 8.15. The molecule has 1 aromatic carbocycles. The highest BCUT2D eigenvalue weighted by molar-refractivity contribution is 5.57. The second-order valence-electron chi connectivity index (χ2n) is 6.20. The zero-order chi connectivity index (χ0) is 17.7. The molecule has 134 valence electrons. The van der Waals surface area contributed by atoms with Crippen molar-refractivity contribution in [1.29, 1.82) is 0 Å². The maximum atomic E-state index is 12.6. The number of rotatable bonds is 4. The maximum Gasteiger partial charge on any atom is 0.416 e. The lowest BCUT2D eigenvalue weighted by Crippen LogP contribution is -2.33. The molecule has 1 aromatic rings. The van der Waals surface area contributed by atoms with Crippen LogP contribution in [0.25, 0.3) is 0 Å². The second kappa shape index (κ2) is 7.88. The van der Waals surface area contributed by atoms with E-state index >= 15 is 0 Å². The third kappa shape index (κ3) is 4.87. The Morgan fingerprint density at radius 3 is 2.58 bits per heavy atom. The van der Waals surface area contributed by atoms with Gasteiger partial charge in [0.25, 0.3) is 6.47 Å². The van der Waals surface area contributed by atoms with Gasteiger partial charge in [-0.05, 0) is 55.4 Å². The molecule has 0 amide bonds. The van der Waals surface area contributed by atoms with Crippen molar-refractivity contribution < 1.29 is 22.7 Å². The highest BCUT2D eigenvalue weighted by atomic mass is 19.4. The Kier molecular flexibility index (Phi) is 6.10. The molecule has 0 aromatic heterocycles. The fourth-order valence-corrected chi connectivity index (χ4v) is 2.81. The molecule has 3 N–H and O–H groups in total. The van der Waals surface area contributed by atoms with Crippen LogP contribution < -0.4 is 11.1 Å². The van der Waals surface area contributed by atoms with Crippen LogP contribution in [0.5, 0.6) is 0 Å². The molecule has 1 aliphatic carbocycles. The highest BCUT2D eigenvalue weighted by Crippen LogP contribution is 2.43. The van der Waals surface area contributed by atoms with Crippen LogP contribution >= 0.6 is 0 Å². The van der Waals surface area contributed by atoms with Crippen LogP contribution in [0.15, 0.2) is 18.2 Å². The molecule has 3 rings (SSSR count). The van der Waals surface area contributed by atoms with E-state index in [0.717, 1.165) is 24.6 Å². The van der Waals surface area contributed by atoms with Crippen LogP contribution in [-0.2, 0) is 15.7 Å². The first-order valence-corrected chi connectivity index (χ1v) is 8.15. The largest absolute Gasteiger partial charge is 0.468 e. The van der Waals surface area contributed by atoms with Crippen LogP contribution in [0, 0.1) is 5.92 Å². The van der Waals surface area contributed by atoms with E-state index in [1.54, 1.807) is 0 Å². The fraction of sp³-hybridized carbons (Fsp3) is 0.588. The molecule has 2 atom stereocenters. The number of alkyl halides is 3. The van der Waals surface area contributed by atoms with Gasteiger partial charge in [-0.1, -0.05) is 6.92 Å². The van der Waals surface area contributed by atoms with E-state index in [1.807, 2.05) is 6.92 Å². The van der Waals surface area contributed by atoms with Crippen LogP contribution in [0.2, 0.25) is 0 Å². The molecular formula is C17H23F3N2O2. The number of nitrogens with two attached hydrogens (primary N) is 1. The minimum atomic E-state index is -4.30. The lowest BCUT2D eigenvalue weighted by Gasteiger charge is -2.32. The lowest BCUT2D eigenvalue weighted by molar-refractivity contribution is -0.137. The summed E-state index contributed by atoms with van der Waals surface area (Å²) < 4.78 is 42.2. The normalized spacial score (nSPS) is 22.5. The van der Waals surface area contributed by atoms with Crippen LogP contribution in [0.4, 0.5) is 18.9 Å². The molecule has 24 heavy (non-hydrogen) atoms. The van der Waals surface area contributed by atoms with Gasteiger partial charge in [0.1, 0.15) is 0 Å². The summed E-state index contributed by atoms with van der Waals surface area (Å²) in [6.07, 6.45) is -0.291. The first-order chi connectivity index (χ1) is 11.4. The lowest BCUT2D eigenvalue weighted by atomic mass is 9.90. The quantitative estimate of drug-likeness (QED) is 0.643. The number of carbonyl (C=O) groups is 1. The SMILES string of the molecule is CCCOC=O.N[C@H]1C[C@@H](C2CC2)Nc2ccc(C(F)(F)F)cc21. The van der Waals surface area contributed by atoms with Gasteiger partial charge < -0.3 is 15.8 Å². The molecule has 0 spiro atoms. The average Bonchev–Trinajstić information content (AvgIpc) is 3.37. The van der Waals surface area contributed by atoms with Gasteiger partial charge in [0.2, 0.25) is 0 Å². The van der Waals surface area contributed by atoms with Crippen molar-refractivity contribution in [3.05, 3.63) is 29.3 Å². The smallest absolute Gasteiger partial charge is 0.416 e. The number of ether oxygens (including phenoxy) is 1. The molecule has 1 aliphatic heterocycles. The van der Waals surface area contributed by atoms with E-state index < -0.39 is 11.7 Å². The van der Waals surface area contributed by atoms with Gasteiger partial charge >= 0.3 is 6.18 Å².